The molecule has 1 unspecified atom stereocenters. The lowest BCUT2D eigenvalue weighted by atomic mass is 10.00. The highest BCUT2D eigenvalue weighted by Crippen LogP contribution is 2.35. The van der Waals surface area contributed by atoms with E-state index in [1.54, 1.807) is 13.3 Å². The van der Waals surface area contributed by atoms with Gasteiger partial charge in [0, 0.05) is 23.4 Å². The molecule has 0 bridgehead atoms. The Hall–Kier alpha value is -2.40. The van der Waals surface area contributed by atoms with Crippen molar-refractivity contribution < 1.29 is 14.3 Å². The Morgan fingerprint density at radius 1 is 1.17 bits per heavy atom. The number of nitrogens with zero attached hydrogens (tertiary/aromatic N) is 1. The van der Waals surface area contributed by atoms with Crippen LogP contribution in [0.5, 0.6) is 0 Å². The zero-order valence-corrected chi connectivity index (χ0v) is 14.6. The van der Waals surface area contributed by atoms with E-state index in [0.717, 1.165) is 32.9 Å². The first-order valence-corrected chi connectivity index (χ1v) is 8.07. The number of aromatic nitrogens is 2. The van der Waals surface area contributed by atoms with Crippen molar-refractivity contribution in [3.8, 4) is 0 Å². The first-order valence-electron chi connectivity index (χ1n) is 8.07. The van der Waals surface area contributed by atoms with Gasteiger partial charge in [-0.1, -0.05) is 12.1 Å². The number of aryl methyl sites for hydroxylation is 1. The van der Waals surface area contributed by atoms with Crippen molar-refractivity contribution >= 4 is 27.8 Å². The number of carbonyl (C=O) groups excluding carboxylic acids is 1. The van der Waals surface area contributed by atoms with Crippen LogP contribution in [0.1, 0.15) is 48.5 Å². The number of fused-ring (bicyclic) bond motifs is 3. The second-order valence-corrected chi connectivity index (χ2v) is 6.25. The summed E-state index contributed by atoms with van der Waals surface area (Å²) in [6.07, 6.45) is 1.47. The van der Waals surface area contributed by atoms with E-state index in [1.807, 2.05) is 39.8 Å². The van der Waals surface area contributed by atoms with E-state index in [0.29, 0.717) is 5.69 Å². The number of esters is 1. The van der Waals surface area contributed by atoms with Crippen LogP contribution in [0.25, 0.3) is 21.8 Å². The molecular weight excluding hydrogens is 304 g/mol. The van der Waals surface area contributed by atoms with Crippen molar-refractivity contribution in [2.45, 2.75) is 39.9 Å². The number of ether oxygens (including phenoxy) is 2. The van der Waals surface area contributed by atoms with E-state index in [-0.39, 0.29) is 12.2 Å². The second-order valence-electron chi connectivity index (χ2n) is 6.25. The second kappa shape index (κ2) is 6.24. The minimum atomic E-state index is -0.393. The van der Waals surface area contributed by atoms with Crippen molar-refractivity contribution in [2.24, 2.45) is 0 Å². The van der Waals surface area contributed by atoms with Gasteiger partial charge in [0.05, 0.1) is 23.9 Å². The third kappa shape index (κ3) is 2.65. The maximum atomic E-state index is 12.3. The van der Waals surface area contributed by atoms with Gasteiger partial charge in [0.15, 0.2) is 5.69 Å². The lowest BCUT2D eigenvalue weighted by Crippen LogP contribution is -2.14. The highest BCUT2D eigenvalue weighted by molar-refractivity contribution is 6.12. The molecule has 5 nitrogen and oxygen atoms in total. The molecule has 0 saturated carbocycles. The molecule has 0 saturated heterocycles. The van der Waals surface area contributed by atoms with Crippen molar-refractivity contribution in [2.75, 3.05) is 7.11 Å². The fourth-order valence-electron chi connectivity index (χ4n) is 3.07. The minimum absolute atomic E-state index is 0.0497. The van der Waals surface area contributed by atoms with Crippen molar-refractivity contribution in [3.63, 3.8) is 0 Å². The summed E-state index contributed by atoms with van der Waals surface area (Å²) in [7, 11) is 1.69. The summed E-state index contributed by atoms with van der Waals surface area (Å²) < 4.78 is 10.8. The molecule has 0 spiro atoms. The number of hydrogen-bond acceptors (Lipinski definition) is 4. The van der Waals surface area contributed by atoms with Crippen LogP contribution in [0.3, 0.4) is 0 Å². The van der Waals surface area contributed by atoms with Crippen LogP contribution in [0.15, 0.2) is 24.4 Å². The number of methoxy groups -OCH3 is 1. The van der Waals surface area contributed by atoms with Crippen LogP contribution < -0.4 is 0 Å². The zero-order chi connectivity index (χ0) is 17.4. The van der Waals surface area contributed by atoms with Crippen molar-refractivity contribution in [1.29, 1.82) is 0 Å². The Kier molecular flexibility index (Phi) is 4.28. The third-order valence-corrected chi connectivity index (χ3v) is 4.27. The van der Waals surface area contributed by atoms with Gasteiger partial charge in [0.25, 0.3) is 0 Å². The standard InChI is InChI=1S/C19H22N2O3/c1-10(2)24-19(22)18-11(3)16-15(9-20-18)21-14-8-6-7-13(17(14)16)12(4)23-5/h6-10,12,21H,1-5H3. The fourth-order valence-corrected chi connectivity index (χ4v) is 3.07. The van der Waals surface area contributed by atoms with E-state index >= 15 is 0 Å². The molecule has 0 radical (unpaired) electrons. The first-order chi connectivity index (χ1) is 11.4. The molecule has 0 aliphatic carbocycles. The molecular formula is C19H22N2O3. The molecule has 0 amide bonds. The summed E-state index contributed by atoms with van der Waals surface area (Å²) in [5.41, 5.74) is 4.17. The van der Waals surface area contributed by atoms with Crippen LogP contribution in [0.2, 0.25) is 0 Å². The molecule has 3 rings (SSSR count). The van der Waals surface area contributed by atoms with Crippen molar-refractivity contribution in [3.05, 3.63) is 41.2 Å². The van der Waals surface area contributed by atoms with E-state index in [2.05, 4.69) is 16.0 Å². The molecule has 1 aromatic carbocycles. The maximum absolute atomic E-state index is 12.3. The van der Waals surface area contributed by atoms with Gasteiger partial charge in [-0.25, -0.2) is 9.78 Å². The summed E-state index contributed by atoms with van der Waals surface area (Å²) in [6.45, 7) is 7.58. The van der Waals surface area contributed by atoms with E-state index in [1.165, 1.54) is 0 Å². The number of benzene rings is 1. The molecule has 24 heavy (non-hydrogen) atoms. The molecule has 2 aromatic heterocycles. The molecule has 5 heteroatoms. The molecule has 1 atom stereocenters. The van der Waals surface area contributed by atoms with Crippen LogP contribution in [0, 0.1) is 6.92 Å². The van der Waals surface area contributed by atoms with Gasteiger partial charge in [-0.2, -0.15) is 0 Å². The van der Waals surface area contributed by atoms with Gasteiger partial charge in [-0.05, 0) is 44.9 Å². The Bertz CT molecular complexity index is 912. The molecule has 0 aliphatic rings. The number of rotatable bonds is 4. The Balaban J connectivity index is 2.30. The average molecular weight is 326 g/mol. The van der Waals surface area contributed by atoms with Gasteiger partial charge in [0.2, 0.25) is 0 Å². The normalized spacial score (nSPS) is 12.9. The van der Waals surface area contributed by atoms with Gasteiger partial charge >= 0.3 is 5.97 Å². The highest BCUT2D eigenvalue weighted by Gasteiger charge is 2.20. The van der Waals surface area contributed by atoms with Gasteiger partial charge in [-0.15, -0.1) is 0 Å². The van der Waals surface area contributed by atoms with Gasteiger partial charge in [0.1, 0.15) is 0 Å². The van der Waals surface area contributed by atoms with Crippen molar-refractivity contribution in [1.82, 2.24) is 9.97 Å². The summed E-state index contributed by atoms with van der Waals surface area (Å²) >= 11 is 0. The average Bonchev–Trinajstić information content (AvgIpc) is 2.92. The SMILES string of the molecule is COC(C)c1cccc2[nH]c3cnc(C(=O)OC(C)C)c(C)c3c12. The van der Waals surface area contributed by atoms with Crippen LogP contribution >= 0.6 is 0 Å². The van der Waals surface area contributed by atoms with Crippen LogP contribution in [-0.2, 0) is 9.47 Å². The molecule has 0 aliphatic heterocycles. The van der Waals surface area contributed by atoms with Crippen LogP contribution in [0.4, 0.5) is 0 Å². The number of pyridine rings is 1. The Morgan fingerprint density at radius 3 is 2.58 bits per heavy atom. The first kappa shape index (κ1) is 16.5. The summed E-state index contributed by atoms with van der Waals surface area (Å²) in [5, 5.41) is 2.07. The number of H-pyrrole nitrogens is 1. The van der Waals surface area contributed by atoms with E-state index in [4.69, 9.17) is 9.47 Å². The molecule has 0 fully saturated rings. The van der Waals surface area contributed by atoms with E-state index < -0.39 is 5.97 Å². The predicted octanol–water partition coefficient (Wildman–Crippen LogP) is 4.30. The zero-order valence-electron chi connectivity index (χ0n) is 14.6. The topological polar surface area (TPSA) is 64.2 Å². The number of carbonyl (C=O) groups is 1. The number of hydrogen-bond donors (Lipinski definition) is 1. The van der Waals surface area contributed by atoms with E-state index in [9.17, 15) is 4.79 Å². The van der Waals surface area contributed by atoms with Crippen LogP contribution in [-0.4, -0.2) is 29.2 Å². The molecule has 126 valence electrons. The Labute approximate surface area is 141 Å². The predicted molar refractivity (Wildman–Crippen MR) is 94.3 cm³/mol. The monoisotopic (exact) mass is 326 g/mol. The largest absolute Gasteiger partial charge is 0.458 e. The third-order valence-electron chi connectivity index (χ3n) is 4.27. The van der Waals surface area contributed by atoms with Gasteiger partial charge < -0.3 is 14.5 Å². The lowest BCUT2D eigenvalue weighted by molar-refractivity contribution is 0.0370. The smallest absolute Gasteiger partial charge is 0.357 e. The Morgan fingerprint density at radius 2 is 1.92 bits per heavy atom. The maximum Gasteiger partial charge on any atom is 0.357 e. The quantitative estimate of drug-likeness (QED) is 0.726. The molecule has 3 aromatic rings. The number of aromatic amines is 1. The number of nitrogens with one attached hydrogen (secondary N) is 1. The molecule has 1 N–H and O–H groups in total. The van der Waals surface area contributed by atoms with Gasteiger partial charge in [-0.3, -0.25) is 0 Å². The lowest BCUT2D eigenvalue weighted by Gasteiger charge is -2.13. The molecule has 2 heterocycles. The summed E-state index contributed by atoms with van der Waals surface area (Å²) in [6, 6.07) is 6.07. The summed E-state index contributed by atoms with van der Waals surface area (Å²) in [4.78, 5) is 20.0. The summed E-state index contributed by atoms with van der Waals surface area (Å²) in [5.74, 6) is -0.393. The highest BCUT2D eigenvalue weighted by atomic mass is 16.5. The minimum Gasteiger partial charge on any atom is -0.458 e. The fraction of sp³-hybridized carbons (Fsp3) is 0.368.